The normalized spacial score (nSPS) is 10.3. The van der Waals surface area contributed by atoms with Gasteiger partial charge in [-0.25, -0.2) is 0 Å². The summed E-state index contributed by atoms with van der Waals surface area (Å²) in [6.45, 7) is 4.01. The zero-order valence-electron chi connectivity index (χ0n) is 18.1. The number of anilines is 1. The van der Waals surface area contributed by atoms with Gasteiger partial charge in [0.1, 0.15) is 17.2 Å². The number of hydrogen-bond donors (Lipinski definition) is 2. The number of aromatic nitrogens is 1. The van der Waals surface area contributed by atoms with E-state index < -0.39 is 0 Å². The molecule has 168 valence electrons. The highest BCUT2D eigenvalue weighted by atomic mass is 16.5. The van der Waals surface area contributed by atoms with Gasteiger partial charge >= 0.3 is 0 Å². The predicted octanol–water partition coefficient (Wildman–Crippen LogP) is 5.89. The molecule has 1 heterocycles. The molecule has 2 N–H and O–H groups in total. The van der Waals surface area contributed by atoms with Crippen LogP contribution in [0.3, 0.4) is 0 Å². The fraction of sp³-hybridized carbons (Fsp3) is 0.148. The Labute approximate surface area is 193 Å². The van der Waals surface area contributed by atoms with E-state index in [1.807, 2.05) is 50.2 Å². The number of hydrogen-bond acceptors (Lipinski definition) is 4. The van der Waals surface area contributed by atoms with E-state index in [0.29, 0.717) is 17.1 Å². The number of nitrogens with one attached hydrogen (secondary N) is 2. The molecule has 2 amide bonds. The Morgan fingerprint density at radius 2 is 1.58 bits per heavy atom. The number of carbonyl (C=O) groups is 2. The molecule has 33 heavy (non-hydrogen) atoms. The maximum atomic E-state index is 13.0. The van der Waals surface area contributed by atoms with Crippen LogP contribution in [0.4, 0.5) is 5.69 Å². The van der Waals surface area contributed by atoms with E-state index >= 15 is 0 Å². The molecule has 4 aromatic rings. The number of fused-ring (bicyclic) bond motifs is 1. The van der Waals surface area contributed by atoms with E-state index in [-0.39, 0.29) is 24.9 Å². The highest BCUT2D eigenvalue weighted by molar-refractivity contribution is 6.13. The second-order valence-corrected chi connectivity index (χ2v) is 7.58. The van der Waals surface area contributed by atoms with Crippen LogP contribution in [0.15, 0.2) is 72.9 Å². The van der Waals surface area contributed by atoms with Crippen molar-refractivity contribution in [3.05, 3.63) is 95.3 Å². The van der Waals surface area contributed by atoms with Crippen LogP contribution in [0.5, 0.6) is 11.5 Å². The highest BCUT2D eigenvalue weighted by Gasteiger charge is 2.12. The second kappa shape index (κ2) is 9.96. The van der Waals surface area contributed by atoms with Crippen LogP contribution in [0, 0.1) is 13.8 Å². The zero-order valence-corrected chi connectivity index (χ0v) is 18.1. The Hall–Kier alpha value is -4.19. The van der Waals surface area contributed by atoms with Gasteiger partial charge in [0.25, 0.3) is 11.8 Å². The molecule has 0 saturated heterocycles. The van der Waals surface area contributed by atoms with Gasteiger partial charge in [-0.05, 0) is 78.2 Å². The fourth-order valence-corrected chi connectivity index (χ4v) is 3.63. The Kier molecular flexibility index (Phi) is 7.08. The average molecular weight is 442 g/mol. The second-order valence-electron chi connectivity index (χ2n) is 7.58. The summed E-state index contributed by atoms with van der Waals surface area (Å²) in [6.07, 6.45) is 1.52. The maximum Gasteiger partial charge on any atom is 0.269 e. The van der Waals surface area contributed by atoms with E-state index in [4.69, 9.17) is 4.74 Å². The first-order chi connectivity index (χ1) is 15.4. The van der Waals surface area contributed by atoms with Gasteiger partial charge in [-0.2, -0.15) is 0 Å². The van der Waals surface area contributed by atoms with Gasteiger partial charge in [0.2, 0.25) is 0 Å². The van der Waals surface area contributed by atoms with E-state index in [1.165, 1.54) is 6.20 Å². The van der Waals surface area contributed by atoms with Crippen molar-refractivity contribution in [2.24, 2.45) is 0 Å². The molecule has 0 aliphatic carbocycles. The van der Waals surface area contributed by atoms with Crippen LogP contribution in [-0.2, 0) is 0 Å². The molecule has 0 unspecified atom stereocenters. The standard InChI is InChI=1S/C26H23N3O3.CH4/c1-16-11-17(2)13-19(12-16)29-25(30)23-6-4-5-18-14-20(7-8-22(18)23)32-21-9-10-28-24(15-21)26(31)27-3;/h4-15H,1-3H3,(H,27,31)(H,29,30);1H4. The molecule has 0 aliphatic heterocycles. The van der Waals surface area contributed by atoms with Gasteiger partial charge in [0, 0.05) is 30.6 Å². The number of pyridine rings is 1. The molecule has 0 atom stereocenters. The largest absolute Gasteiger partial charge is 0.457 e. The summed E-state index contributed by atoms with van der Waals surface area (Å²) in [4.78, 5) is 28.8. The number of benzene rings is 3. The number of rotatable bonds is 5. The van der Waals surface area contributed by atoms with Crippen LogP contribution in [0.25, 0.3) is 10.8 Å². The maximum absolute atomic E-state index is 13.0. The van der Waals surface area contributed by atoms with E-state index in [2.05, 4.69) is 21.7 Å². The molecule has 0 aliphatic rings. The molecule has 6 heteroatoms. The van der Waals surface area contributed by atoms with Crippen molar-refractivity contribution in [2.75, 3.05) is 12.4 Å². The minimum atomic E-state index is -0.284. The number of ether oxygens (including phenoxy) is 1. The smallest absolute Gasteiger partial charge is 0.269 e. The van der Waals surface area contributed by atoms with Crippen LogP contribution < -0.4 is 15.4 Å². The van der Waals surface area contributed by atoms with Crippen LogP contribution >= 0.6 is 0 Å². The lowest BCUT2D eigenvalue weighted by Crippen LogP contribution is -2.18. The minimum absolute atomic E-state index is 0. The van der Waals surface area contributed by atoms with Gasteiger partial charge in [0.15, 0.2) is 0 Å². The van der Waals surface area contributed by atoms with Gasteiger partial charge < -0.3 is 15.4 Å². The molecule has 0 radical (unpaired) electrons. The molecular weight excluding hydrogens is 414 g/mol. The monoisotopic (exact) mass is 441 g/mol. The van der Waals surface area contributed by atoms with E-state index in [0.717, 1.165) is 27.6 Å². The lowest BCUT2D eigenvalue weighted by atomic mass is 10.0. The van der Waals surface area contributed by atoms with Gasteiger partial charge in [-0.3, -0.25) is 14.6 Å². The Balaban J connectivity index is 0.00000306. The van der Waals surface area contributed by atoms with Crippen molar-refractivity contribution in [1.29, 1.82) is 0 Å². The number of carbonyl (C=O) groups excluding carboxylic acids is 2. The average Bonchev–Trinajstić information content (AvgIpc) is 2.77. The summed E-state index contributed by atoms with van der Waals surface area (Å²) in [5.74, 6) is 0.645. The van der Waals surface area contributed by atoms with Crippen LogP contribution in [0.2, 0.25) is 0 Å². The first-order valence-electron chi connectivity index (χ1n) is 10.2. The van der Waals surface area contributed by atoms with Crippen molar-refractivity contribution in [3.63, 3.8) is 0 Å². The zero-order chi connectivity index (χ0) is 22.7. The molecule has 0 fully saturated rings. The van der Waals surface area contributed by atoms with Crippen molar-refractivity contribution in [2.45, 2.75) is 21.3 Å². The fourth-order valence-electron chi connectivity index (χ4n) is 3.63. The van der Waals surface area contributed by atoms with Crippen LogP contribution in [-0.4, -0.2) is 23.8 Å². The van der Waals surface area contributed by atoms with Gasteiger partial charge in [0.05, 0.1) is 0 Å². The first-order valence-corrected chi connectivity index (χ1v) is 10.2. The molecule has 0 saturated carbocycles. The van der Waals surface area contributed by atoms with Crippen molar-refractivity contribution < 1.29 is 14.3 Å². The molecule has 0 spiro atoms. The summed E-state index contributed by atoms with van der Waals surface area (Å²) in [5.41, 5.74) is 3.82. The first kappa shape index (κ1) is 23.5. The third kappa shape index (κ3) is 5.36. The summed E-state index contributed by atoms with van der Waals surface area (Å²) < 4.78 is 5.92. The van der Waals surface area contributed by atoms with Gasteiger partial charge in [-0.1, -0.05) is 25.6 Å². The molecule has 6 nitrogen and oxygen atoms in total. The lowest BCUT2D eigenvalue weighted by Gasteiger charge is -2.11. The van der Waals surface area contributed by atoms with Crippen molar-refractivity contribution >= 4 is 28.3 Å². The summed E-state index contributed by atoms with van der Waals surface area (Å²) >= 11 is 0. The van der Waals surface area contributed by atoms with Crippen LogP contribution in [0.1, 0.15) is 39.4 Å². The third-order valence-electron chi connectivity index (χ3n) is 5.00. The van der Waals surface area contributed by atoms with Crippen molar-refractivity contribution in [1.82, 2.24) is 10.3 Å². The molecule has 0 bridgehead atoms. The van der Waals surface area contributed by atoms with Crippen molar-refractivity contribution in [3.8, 4) is 11.5 Å². The topological polar surface area (TPSA) is 80.3 Å². The van der Waals surface area contributed by atoms with E-state index in [1.54, 1.807) is 31.3 Å². The summed E-state index contributed by atoms with van der Waals surface area (Å²) in [6, 6.07) is 20.3. The number of amides is 2. The van der Waals surface area contributed by atoms with Gasteiger partial charge in [-0.15, -0.1) is 0 Å². The number of aryl methyl sites for hydroxylation is 2. The predicted molar refractivity (Wildman–Crippen MR) is 132 cm³/mol. The summed E-state index contributed by atoms with van der Waals surface area (Å²) in [7, 11) is 1.55. The highest BCUT2D eigenvalue weighted by Crippen LogP contribution is 2.28. The Morgan fingerprint density at radius 3 is 2.30 bits per heavy atom. The minimum Gasteiger partial charge on any atom is -0.457 e. The molecule has 4 rings (SSSR count). The van der Waals surface area contributed by atoms with E-state index in [9.17, 15) is 9.59 Å². The Bertz CT molecular complexity index is 1310. The Morgan fingerprint density at radius 1 is 0.848 bits per heavy atom. The molecule has 3 aromatic carbocycles. The lowest BCUT2D eigenvalue weighted by molar-refractivity contribution is 0.0957. The molecular formula is C27H27N3O3. The third-order valence-corrected chi connectivity index (χ3v) is 5.00. The molecule has 1 aromatic heterocycles. The quantitative estimate of drug-likeness (QED) is 0.405. The summed E-state index contributed by atoms with van der Waals surface area (Å²) in [5, 5.41) is 7.23. The number of nitrogens with zero attached hydrogens (tertiary/aromatic N) is 1. The SMILES string of the molecule is C.CNC(=O)c1cc(Oc2ccc3c(C(=O)Nc4cc(C)cc(C)c4)cccc3c2)ccn1.